The molecule has 0 bridgehead atoms. The monoisotopic (exact) mass is 193 g/mol. The smallest absolute Gasteiger partial charge is 0.236 e. The van der Waals surface area contributed by atoms with Crippen molar-refractivity contribution >= 4 is 11.7 Å². The molecule has 3 heteroatoms. The molecule has 0 aromatic rings. The van der Waals surface area contributed by atoms with Crippen molar-refractivity contribution in [2.45, 2.75) is 26.2 Å². The SMILES string of the molecule is CC(C(=O)C1CC1)C(=O)N1C=CCC1. The number of hydrogen-bond acceptors (Lipinski definition) is 2. The summed E-state index contributed by atoms with van der Waals surface area (Å²) in [5.74, 6) is -0.156. The molecule has 1 fully saturated rings. The first kappa shape index (κ1) is 9.44. The van der Waals surface area contributed by atoms with Gasteiger partial charge in [-0.05, 0) is 26.2 Å². The van der Waals surface area contributed by atoms with Gasteiger partial charge in [-0.1, -0.05) is 6.08 Å². The molecule has 0 aromatic heterocycles. The number of hydrogen-bond donors (Lipinski definition) is 0. The van der Waals surface area contributed by atoms with Crippen molar-refractivity contribution in [3.8, 4) is 0 Å². The van der Waals surface area contributed by atoms with Gasteiger partial charge in [0.2, 0.25) is 5.91 Å². The third-order valence-electron chi connectivity index (χ3n) is 2.88. The van der Waals surface area contributed by atoms with E-state index in [1.807, 2.05) is 6.08 Å². The van der Waals surface area contributed by atoms with Gasteiger partial charge in [-0.25, -0.2) is 0 Å². The molecule has 2 aliphatic rings. The van der Waals surface area contributed by atoms with Gasteiger partial charge in [0.15, 0.2) is 0 Å². The van der Waals surface area contributed by atoms with Gasteiger partial charge >= 0.3 is 0 Å². The van der Waals surface area contributed by atoms with Crippen LogP contribution in [0.5, 0.6) is 0 Å². The van der Waals surface area contributed by atoms with Crippen LogP contribution in [-0.4, -0.2) is 23.1 Å². The van der Waals surface area contributed by atoms with Crippen molar-refractivity contribution in [1.82, 2.24) is 4.90 Å². The maximum Gasteiger partial charge on any atom is 0.236 e. The highest BCUT2D eigenvalue weighted by molar-refractivity contribution is 6.03. The van der Waals surface area contributed by atoms with Crippen molar-refractivity contribution in [3.63, 3.8) is 0 Å². The molecule has 1 unspecified atom stereocenters. The fourth-order valence-corrected chi connectivity index (χ4v) is 1.77. The second kappa shape index (κ2) is 3.56. The van der Waals surface area contributed by atoms with Gasteiger partial charge < -0.3 is 4.90 Å². The van der Waals surface area contributed by atoms with Crippen LogP contribution < -0.4 is 0 Å². The third-order valence-corrected chi connectivity index (χ3v) is 2.88. The van der Waals surface area contributed by atoms with Gasteiger partial charge in [-0.15, -0.1) is 0 Å². The summed E-state index contributed by atoms with van der Waals surface area (Å²) in [4.78, 5) is 25.1. The Bertz CT molecular complexity index is 292. The van der Waals surface area contributed by atoms with Crippen LogP contribution in [0.2, 0.25) is 0 Å². The minimum absolute atomic E-state index is 0.0318. The molecule has 1 aliphatic heterocycles. The minimum Gasteiger partial charge on any atom is -0.318 e. The molecule has 0 radical (unpaired) electrons. The van der Waals surface area contributed by atoms with Crippen LogP contribution in [0.15, 0.2) is 12.3 Å². The first-order valence-corrected chi connectivity index (χ1v) is 5.21. The Morgan fingerprint density at radius 2 is 2.14 bits per heavy atom. The molecule has 76 valence electrons. The maximum absolute atomic E-state index is 11.8. The quantitative estimate of drug-likeness (QED) is 0.634. The lowest BCUT2D eigenvalue weighted by atomic mass is 10.0. The average molecular weight is 193 g/mol. The summed E-state index contributed by atoms with van der Waals surface area (Å²) >= 11 is 0. The summed E-state index contributed by atoms with van der Waals surface area (Å²) in [6.07, 6.45) is 6.62. The highest BCUT2D eigenvalue weighted by Crippen LogP contribution is 2.32. The fourth-order valence-electron chi connectivity index (χ4n) is 1.77. The Morgan fingerprint density at radius 3 is 2.64 bits per heavy atom. The van der Waals surface area contributed by atoms with Crippen molar-refractivity contribution in [1.29, 1.82) is 0 Å². The standard InChI is InChI=1S/C11H15NO2/c1-8(10(13)9-4-5-9)11(14)12-6-2-3-7-12/h2,6,8-9H,3-5,7H2,1H3. The van der Waals surface area contributed by atoms with E-state index in [2.05, 4.69) is 0 Å². The zero-order chi connectivity index (χ0) is 10.1. The van der Waals surface area contributed by atoms with Crippen LogP contribution in [0.25, 0.3) is 0 Å². The summed E-state index contributed by atoms with van der Waals surface area (Å²) in [6, 6.07) is 0. The maximum atomic E-state index is 11.8. The number of nitrogens with zero attached hydrogens (tertiary/aromatic N) is 1. The van der Waals surface area contributed by atoms with Crippen molar-refractivity contribution in [2.75, 3.05) is 6.54 Å². The molecule has 1 amide bonds. The average Bonchev–Trinajstić information content (AvgIpc) is 2.90. The molecule has 1 heterocycles. The largest absolute Gasteiger partial charge is 0.318 e. The zero-order valence-corrected chi connectivity index (χ0v) is 8.40. The molecule has 14 heavy (non-hydrogen) atoms. The highest BCUT2D eigenvalue weighted by Gasteiger charge is 2.37. The summed E-state index contributed by atoms with van der Waals surface area (Å²) in [5.41, 5.74) is 0. The van der Waals surface area contributed by atoms with Crippen LogP contribution in [-0.2, 0) is 9.59 Å². The van der Waals surface area contributed by atoms with Gasteiger partial charge in [0.25, 0.3) is 0 Å². The van der Waals surface area contributed by atoms with E-state index in [1.165, 1.54) is 0 Å². The number of amides is 1. The molecule has 1 atom stereocenters. The Balaban J connectivity index is 1.95. The second-order valence-corrected chi connectivity index (χ2v) is 4.10. The van der Waals surface area contributed by atoms with Crippen molar-refractivity contribution in [3.05, 3.63) is 12.3 Å². The lowest BCUT2D eigenvalue weighted by Gasteiger charge is -2.17. The van der Waals surface area contributed by atoms with Crippen LogP contribution in [0, 0.1) is 11.8 Å². The van der Waals surface area contributed by atoms with E-state index in [1.54, 1.807) is 18.0 Å². The van der Waals surface area contributed by atoms with E-state index < -0.39 is 5.92 Å². The molecule has 2 rings (SSSR count). The molecule has 0 saturated heterocycles. The van der Waals surface area contributed by atoms with E-state index in [0.29, 0.717) is 0 Å². The molecule has 1 saturated carbocycles. The van der Waals surface area contributed by atoms with E-state index in [0.717, 1.165) is 25.8 Å². The predicted octanol–water partition coefficient (Wildman–Crippen LogP) is 1.35. The van der Waals surface area contributed by atoms with Gasteiger partial charge in [-0.2, -0.15) is 0 Å². The van der Waals surface area contributed by atoms with E-state index in [-0.39, 0.29) is 17.6 Å². The minimum atomic E-state index is -0.440. The number of ketones is 1. The summed E-state index contributed by atoms with van der Waals surface area (Å²) in [6.45, 7) is 2.47. The highest BCUT2D eigenvalue weighted by atomic mass is 16.2. The van der Waals surface area contributed by atoms with E-state index in [9.17, 15) is 9.59 Å². The molecule has 0 spiro atoms. The lowest BCUT2D eigenvalue weighted by molar-refractivity contribution is -0.138. The predicted molar refractivity (Wildman–Crippen MR) is 52.4 cm³/mol. The lowest BCUT2D eigenvalue weighted by Crippen LogP contribution is -2.34. The summed E-state index contributed by atoms with van der Waals surface area (Å²) in [7, 11) is 0. The molecule has 0 aromatic carbocycles. The molecule has 0 N–H and O–H groups in total. The first-order valence-electron chi connectivity index (χ1n) is 5.21. The number of Topliss-reactive ketones (excluding diaryl/α,β-unsaturated/α-hetero) is 1. The summed E-state index contributed by atoms with van der Waals surface area (Å²) < 4.78 is 0. The van der Waals surface area contributed by atoms with Crippen molar-refractivity contribution in [2.24, 2.45) is 11.8 Å². The zero-order valence-electron chi connectivity index (χ0n) is 8.40. The Hall–Kier alpha value is -1.12. The van der Waals surface area contributed by atoms with Gasteiger partial charge in [0.1, 0.15) is 5.78 Å². The number of rotatable bonds is 3. The normalized spacial score (nSPS) is 22.5. The Labute approximate surface area is 83.8 Å². The van der Waals surface area contributed by atoms with Crippen LogP contribution >= 0.6 is 0 Å². The van der Waals surface area contributed by atoms with Gasteiger partial charge in [-0.3, -0.25) is 9.59 Å². The first-order chi connectivity index (χ1) is 6.70. The summed E-state index contributed by atoms with van der Waals surface area (Å²) in [5, 5.41) is 0. The third kappa shape index (κ3) is 1.72. The van der Waals surface area contributed by atoms with E-state index in [4.69, 9.17) is 0 Å². The fraction of sp³-hybridized carbons (Fsp3) is 0.636. The second-order valence-electron chi connectivity index (χ2n) is 4.10. The van der Waals surface area contributed by atoms with Crippen LogP contribution in [0.3, 0.4) is 0 Å². The van der Waals surface area contributed by atoms with Gasteiger partial charge in [0, 0.05) is 18.7 Å². The molecular weight excluding hydrogens is 178 g/mol. The van der Waals surface area contributed by atoms with Gasteiger partial charge in [0.05, 0.1) is 5.92 Å². The molecule has 1 aliphatic carbocycles. The topological polar surface area (TPSA) is 37.4 Å². The Morgan fingerprint density at radius 1 is 1.43 bits per heavy atom. The van der Waals surface area contributed by atoms with E-state index >= 15 is 0 Å². The number of carbonyl (C=O) groups is 2. The van der Waals surface area contributed by atoms with Crippen LogP contribution in [0.1, 0.15) is 26.2 Å². The van der Waals surface area contributed by atoms with Crippen LogP contribution in [0.4, 0.5) is 0 Å². The molecular formula is C11H15NO2. The molecule has 3 nitrogen and oxygen atoms in total. The number of carbonyl (C=O) groups excluding carboxylic acids is 2. The Kier molecular flexibility index (Phi) is 2.40. The van der Waals surface area contributed by atoms with Crippen molar-refractivity contribution < 1.29 is 9.59 Å².